The van der Waals surface area contributed by atoms with Crippen LogP contribution in [0.1, 0.15) is 111 Å². The second-order valence-electron chi connectivity index (χ2n) is 19.1. The molecule has 3 saturated carbocycles. The third-order valence-corrected chi connectivity index (χ3v) is 15.9. The third kappa shape index (κ3) is 8.50. The van der Waals surface area contributed by atoms with Gasteiger partial charge in [0.2, 0.25) is 0 Å². The Morgan fingerprint density at radius 3 is 2.56 bits per heavy atom. The van der Waals surface area contributed by atoms with Crippen molar-refractivity contribution < 1.29 is 28.0 Å². The van der Waals surface area contributed by atoms with E-state index in [1.165, 1.54) is 43.4 Å². The molecule has 3 aliphatic carbocycles. The molecule has 1 amide bonds. The lowest BCUT2D eigenvalue weighted by atomic mass is 9.64. The van der Waals surface area contributed by atoms with Crippen LogP contribution in [0.25, 0.3) is 11.0 Å². The molecular formula is C48H55N7O7S. The van der Waals surface area contributed by atoms with Crippen LogP contribution in [0.2, 0.25) is 0 Å². The standard InChI is InChI=1S/C48H55N7O7S/c1-47(57)17-14-31(15-18-47)28-50-41-13-11-37(25-43(41)55(58)59)63(60,61)52-46(56)40-12-10-34(24-44(40)62-36-23-33-16-20-49-45(33)51-29-36)53-22-19-48(30-53)26-35(27-48)54-21-4-7-42(54)39-6-3-2-5-38(39)32-8-9-32/h2-3,5-6,10-13,16,20,23-25,29,31-32,35,42,50,57H,4,7-9,14-15,17-19,21-22,26-28,30H2,1H3,(H,49,51)(H,52,56). The largest absolute Gasteiger partial charge is 0.455 e. The number of ether oxygens (including phenoxy) is 1. The third-order valence-electron chi connectivity index (χ3n) is 14.6. The quantitative estimate of drug-likeness (QED) is 0.0655. The van der Waals surface area contributed by atoms with Crippen LogP contribution in [0, 0.1) is 21.4 Å². The molecule has 1 atom stereocenters. The van der Waals surface area contributed by atoms with Crippen LogP contribution in [0.5, 0.6) is 11.5 Å². The number of likely N-dealkylation sites (tertiary alicyclic amines) is 1. The Hall–Kier alpha value is -5.51. The second-order valence-corrected chi connectivity index (χ2v) is 20.8. The predicted octanol–water partition coefficient (Wildman–Crippen LogP) is 8.81. The van der Waals surface area contributed by atoms with Crippen molar-refractivity contribution in [1.29, 1.82) is 0 Å². The highest BCUT2D eigenvalue weighted by molar-refractivity contribution is 7.90. The van der Waals surface area contributed by atoms with Gasteiger partial charge < -0.3 is 25.0 Å². The number of pyridine rings is 1. The lowest BCUT2D eigenvalue weighted by molar-refractivity contribution is -0.384. The molecule has 2 saturated heterocycles. The summed E-state index contributed by atoms with van der Waals surface area (Å²) in [7, 11) is -4.56. The van der Waals surface area contributed by atoms with Crippen molar-refractivity contribution in [3.8, 4) is 11.5 Å². The van der Waals surface area contributed by atoms with E-state index in [1.807, 2.05) is 19.1 Å². The maximum atomic E-state index is 14.0. The van der Waals surface area contributed by atoms with Crippen molar-refractivity contribution in [1.82, 2.24) is 19.6 Å². The first-order valence-electron chi connectivity index (χ1n) is 22.5. The molecule has 5 aromatic rings. The normalized spacial score (nSPS) is 26.2. The van der Waals surface area contributed by atoms with Gasteiger partial charge in [0.15, 0.2) is 0 Å². The van der Waals surface area contributed by atoms with Gasteiger partial charge in [-0.25, -0.2) is 18.1 Å². The summed E-state index contributed by atoms with van der Waals surface area (Å²) in [4.78, 5) is 37.7. The number of benzene rings is 3. The van der Waals surface area contributed by atoms with Crippen LogP contribution < -0.4 is 19.7 Å². The molecule has 14 nitrogen and oxygen atoms in total. The van der Waals surface area contributed by atoms with E-state index in [2.05, 4.69) is 54.1 Å². The number of fused-ring (bicyclic) bond motifs is 1. The van der Waals surface area contributed by atoms with E-state index in [9.17, 15) is 28.4 Å². The van der Waals surface area contributed by atoms with E-state index < -0.39 is 37.0 Å². The molecular weight excluding hydrogens is 819 g/mol. The summed E-state index contributed by atoms with van der Waals surface area (Å²) >= 11 is 0. The molecule has 5 aliphatic rings. The molecule has 0 radical (unpaired) electrons. The number of amides is 1. The highest BCUT2D eigenvalue weighted by atomic mass is 32.2. The molecule has 5 fully saturated rings. The second kappa shape index (κ2) is 16.2. The highest BCUT2D eigenvalue weighted by Crippen LogP contribution is 2.55. The van der Waals surface area contributed by atoms with Crippen LogP contribution in [0.4, 0.5) is 17.1 Å². The van der Waals surface area contributed by atoms with Crippen molar-refractivity contribution in [3.05, 3.63) is 112 Å². The summed E-state index contributed by atoms with van der Waals surface area (Å²) in [5, 5.41) is 26.4. The Labute approximate surface area is 367 Å². The topological polar surface area (TPSA) is 183 Å². The van der Waals surface area contributed by atoms with Crippen molar-refractivity contribution in [2.24, 2.45) is 11.3 Å². The van der Waals surface area contributed by atoms with E-state index in [0.717, 1.165) is 74.8 Å². The zero-order chi connectivity index (χ0) is 43.5. The first-order valence-corrected chi connectivity index (χ1v) is 24.0. The number of carbonyl (C=O) groups excluding carboxylic acids is 1. The van der Waals surface area contributed by atoms with E-state index in [-0.39, 0.29) is 28.3 Å². The summed E-state index contributed by atoms with van der Waals surface area (Å²) in [6.07, 6.45) is 14.5. The summed E-state index contributed by atoms with van der Waals surface area (Å²) < 4.78 is 36.0. The molecule has 330 valence electrons. The average Bonchev–Trinajstić information content (AvgIpc) is 3.58. The van der Waals surface area contributed by atoms with Gasteiger partial charge >= 0.3 is 0 Å². The van der Waals surface area contributed by atoms with Crippen LogP contribution in [0.3, 0.4) is 0 Å². The summed E-state index contributed by atoms with van der Waals surface area (Å²) in [6.45, 7) is 5.13. The van der Waals surface area contributed by atoms with E-state index >= 15 is 0 Å². The molecule has 15 heteroatoms. The van der Waals surface area contributed by atoms with Crippen LogP contribution in [-0.4, -0.2) is 77.0 Å². The summed E-state index contributed by atoms with van der Waals surface area (Å²) in [6, 6.07) is 22.6. The smallest absolute Gasteiger partial charge is 0.293 e. The Morgan fingerprint density at radius 1 is 0.984 bits per heavy atom. The number of nitro benzene ring substituents is 1. The average molecular weight is 874 g/mol. The lowest BCUT2D eigenvalue weighted by Gasteiger charge is -2.51. The van der Waals surface area contributed by atoms with Crippen LogP contribution >= 0.6 is 0 Å². The number of anilines is 2. The maximum Gasteiger partial charge on any atom is 0.293 e. The van der Waals surface area contributed by atoms with Gasteiger partial charge in [-0.15, -0.1) is 0 Å². The van der Waals surface area contributed by atoms with Gasteiger partial charge in [-0.2, -0.15) is 0 Å². The zero-order valence-corrected chi connectivity index (χ0v) is 36.4. The number of hydrogen-bond acceptors (Lipinski definition) is 11. The van der Waals surface area contributed by atoms with Crippen molar-refractivity contribution >= 4 is 44.0 Å². The minimum atomic E-state index is -4.56. The van der Waals surface area contributed by atoms with Gasteiger partial charge in [-0.3, -0.25) is 19.8 Å². The van der Waals surface area contributed by atoms with Gasteiger partial charge in [0, 0.05) is 61.1 Å². The molecule has 4 N–H and O–H groups in total. The Bertz CT molecular complexity index is 2660. The SMILES string of the molecule is CC1(O)CCC(CNc2ccc(S(=O)(=O)NC(=O)c3ccc(N4CCC5(CC(N6CCCC6c6ccccc6C6CC6)C5)C4)cc3Oc3cnc4[nH]ccc4c3)cc2[N+](=O)[O-])CC1. The van der Waals surface area contributed by atoms with E-state index in [1.54, 1.807) is 36.2 Å². The fourth-order valence-corrected chi connectivity index (χ4v) is 11.8. The lowest BCUT2D eigenvalue weighted by Crippen LogP contribution is -2.51. The minimum absolute atomic E-state index is 0.0140. The molecule has 3 aromatic carbocycles. The number of nitro groups is 1. The molecule has 4 heterocycles. The van der Waals surface area contributed by atoms with Gasteiger partial charge in [-0.05, 0) is 149 Å². The number of nitrogens with one attached hydrogen (secondary N) is 3. The number of aliphatic hydroxyl groups is 1. The van der Waals surface area contributed by atoms with Gasteiger partial charge in [0.25, 0.3) is 21.6 Å². The first kappa shape index (κ1) is 41.5. The number of rotatable bonds is 13. The number of hydrogen-bond donors (Lipinski definition) is 4. The molecule has 10 rings (SSSR count). The monoisotopic (exact) mass is 873 g/mol. The van der Waals surface area contributed by atoms with Crippen LogP contribution in [0.15, 0.2) is 90.1 Å². The number of aromatic nitrogens is 2. The highest BCUT2D eigenvalue weighted by Gasteiger charge is 2.52. The Kier molecular flexibility index (Phi) is 10.7. The van der Waals surface area contributed by atoms with Gasteiger partial charge in [-0.1, -0.05) is 24.3 Å². The number of carbonyl (C=O) groups is 1. The van der Waals surface area contributed by atoms with E-state index in [0.29, 0.717) is 42.9 Å². The zero-order valence-electron chi connectivity index (χ0n) is 35.6. The first-order chi connectivity index (χ1) is 30.3. The molecule has 2 aromatic heterocycles. The Balaban J connectivity index is 0.854. The predicted molar refractivity (Wildman–Crippen MR) is 241 cm³/mol. The minimum Gasteiger partial charge on any atom is -0.455 e. The Morgan fingerprint density at radius 2 is 1.78 bits per heavy atom. The number of sulfonamides is 1. The molecule has 63 heavy (non-hydrogen) atoms. The van der Waals surface area contributed by atoms with Gasteiger partial charge in [0.05, 0.1) is 27.2 Å². The van der Waals surface area contributed by atoms with Crippen LogP contribution in [-0.2, 0) is 10.0 Å². The number of aromatic amines is 1. The number of nitrogens with zero attached hydrogens (tertiary/aromatic N) is 4. The summed E-state index contributed by atoms with van der Waals surface area (Å²) in [5.74, 6) is 0.533. The molecule has 1 unspecified atom stereocenters. The molecule has 2 aliphatic heterocycles. The van der Waals surface area contributed by atoms with Gasteiger partial charge in [0.1, 0.15) is 22.8 Å². The molecule has 0 bridgehead atoms. The van der Waals surface area contributed by atoms with Crippen molar-refractivity contribution in [2.75, 3.05) is 36.4 Å². The molecule has 1 spiro atoms. The van der Waals surface area contributed by atoms with Crippen molar-refractivity contribution in [2.45, 2.75) is 106 Å². The summed E-state index contributed by atoms with van der Waals surface area (Å²) in [5.41, 5.74) is 3.88. The fraction of sp³-hybridized carbons (Fsp3) is 0.458. The number of H-pyrrole nitrogens is 1. The van der Waals surface area contributed by atoms with Crippen molar-refractivity contribution in [3.63, 3.8) is 0 Å². The fourth-order valence-electron chi connectivity index (χ4n) is 10.9. The van der Waals surface area contributed by atoms with E-state index in [4.69, 9.17) is 4.74 Å². The maximum absolute atomic E-state index is 14.0.